The van der Waals surface area contributed by atoms with E-state index < -0.39 is 0 Å². The Kier molecular flexibility index (Phi) is 7.04. The lowest BCUT2D eigenvalue weighted by Gasteiger charge is -2.56. The van der Waals surface area contributed by atoms with Gasteiger partial charge in [0.25, 0.3) is 0 Å². The van der Waals surface area contributed by atoms with Gasteiger partial charge in [0.15, 0.2) is 0 Å². The fraction of sp³-hybridized carbons (Fsp3) is 0.767. The highest BCUT2D eigenvalue weighted by Crippen LogP contribution is 2.49. The summed E-state index contributed by atoms with van der Waals surface area (Å²) in [5, 5.41) is 18.9. The number of carbonyl (C=O) groups is 1. The fourth-order valence-electron chi connectivity index (χ4n) is 8.32. The van der Waals surface area contributed by atoms with E-state index in [1.54, 1.807) is 0 Å². The summed E-state index contributed by atoms with van der Waals surface area (Å²) >= 11 is 0. The molecular weight excluding hydrogens is 446 g/mol. The van der Waals surface area contributed by atoms with Crippen LogP contribution in [0.1, 0.15) is 75.8 Å². The summed E-state index contributed by atoms with van der Waals surface area (Å²) in [5.74, 6) is 2.58. The Hall–Kier alpha value is -1.63. The quantitative estimate of drug-likeness (QED) is 0.391. The maximum atomic E-state index is 13.9. The van der Waals surface area contributed by atoms with Crippen molar-refractivity contribution >= 4 is 11.6 Å². The Morgan fingerprint density at radius 2 is 1.81 bits per heavy atom. The number of benzene rings is 1. The standard InChI is InChI=1S/C30H47N5O/c1-19-8-7-9-22-17-25(34-26(19)22)29(36)35-27(21-12-13-21)30(24-10-5-3-4-6-11-24)20(2)16-23(18-33-30)28-31-14-15-32-28/h7-9,20-21,23-25,27-28,31-34H,3-6,10-18H2,1-2H3,(H,35,36). The SMILES string of the molecule is Cc1cccc2c1NC(C(=O)NC(C1CC1)C1(C3CCCCCC3)NCC(C3NCCN3)CC1C)C2. The topological polar surface area (TPSA) is 77.2 Å². The zero-order chi connectivity index (χ0) is 24.7. The summed E-state index contributed by atoms with van der Waals surface area (Å²) in [6.45, 7) is 7.81. The summed E-state index contributed by atoms with van der Waals surface area (Å²) in [6.07, 6.45) is 12.9. The second-order valence-corrected chi connectivity index (χ2v) is 12.6. The van der Waals surface area contributed by atoms with Crippen LogP contribution in [0.2, 0.25) is 0 Å². The highest BCUT2D eigenvalue weighted by molar-refractivity contribution is 5.88. The largest absolute Gasteiger partial charge is 0.373 e. The van der Waals surface area contributed by atoms with Crippen LogP contribution in [0, 0.1) is 30.6 Å². The van der Waals surface area contributed by atoms with E-state index in [0.717, 1.165) is 26.1 Å². The lowest BCUT2D eigenvalue weighted by molar-refractivity contribution is -0.124. The van der Waals surface area contributed by atoms with E-state index in [0.29, 0.717) is 29.8 Å². The van der Waals surface area contributed by atoms with Crippen molar-refractivity contribution in [3.05, 3.63) is 29.3 Å². The first kappa shape index (κ1) is 24.7. The first-order valence-corrected chi connectivity index (χ1v) is 14.9. The summed E-state index contributed by atoms with van der Waals surface area (Å²) in [6, 6.07) is 6.48. The first-order valence-electron chi connectivity index (χ1n) is 14.9. The number of nitrogens with one attached hydrogen (secondary N) is 5. The number of aryl methyl sites for hydroxylation is 1. The average molecular weight is 494 g/mol. The number of amides is 1. The van der Waals surface area contributed by atoms with Crippen molar-refractivity contribution in [2.45, 2.75) is 102 Å². The molecule has 2 saturated heterocycles. The van der Waals surface area contributed by atoms with E-state index in [9.17, 15) is 4.79 Å². The predicted octanol–water partition coefficient (Wildman–Crippen LogP) is 3.70. The summed E-state index contributed by atoms with van der Waals surface area (Å²) in [7, 11) is 0. The number of anilines is 1. The maximum Gasteiger partial charge on any atom is 0.243 e. The third-order valence-electron chi connectivity index (χ3n) is 10.3. The molecule has 1 aromatic rings. The molecule has 6 nitrogen and oxygen atoms in total. The zero-order valence-corrected chi connectivity index (χ0v) is 22.4. The molecule has 6 rings (SSSR count). The van der Waals surface area contributed by atoms with Gasteiger partial charge in [-0.2, -0.15) is 0 Å². The number of para-hydroxylation sites is 1. The molecule has 6 heteroatoms. The molecule has 36 heavy (non-hydrogen) atoms. The van der Waals surface area contributed by atoms with Gasteiger partial charge in [-0.1, -0.05) is 50.8 Å². The molecular formula is C30H47N5O. The molecule has 1 aromatic carbocycles. The fourth-order valence-corrected chi connectivity index (χ4v) is 8.32. The Morgan fingerprint density at radius 3 is 2.47 bits per heavy atom. The lowest BCUT2D eigenvalue weighted by Crippen LogP contribution is -2.73. The van der Waals surface area contributed by atoms with Gasteiger partial charge in [0.1, 0.15) is 6.04 Å². The second kappa shape index (κ2) is 10.3. The number of piperidine rings is 1. The summed E-state index contributed by atoms with van der Waals surface area (Å²) in [4.78, 5) is 13.9. The molecule has 0 radical (unpaired) electrons. The summed E-state index contributed by atoms with van der Waals surface area (Å²) in [5.41, 5.74) is 3.68. The van der Waals surface area contributed by atoms with Gasteiger partial charge in [0, 0.05) is 43.2 Å². The molecule has 0 spiro atoms. The van der Waals surface area contributed by atoms with Gasteiger partial charge in [0.2, 0.25) is 5.91 Å². The Balaban J connectivity index is 1.25. The number of hydrogen-bond donors (Lipinski definition) is 5. The van der Waals surface area contributed by atoms with Crippen LogP contribution in [0.5, 0.6) is 0 Å². The maximum absolute atomic E-state index is 13.9. The highest BCUT2D eigenvalue weighted by Gasteiger charge is 2.56. The van der Waals surface area contributed by atoms with Crippen LogP contribution in [0.3, 0.4) is 0 Å². The first-order chi connectivity index (χ1) is 17.6. The molecule has 5 N–H and O–H groups in total. The molecule has 0 bridgehead atoms. The van der Waals surface area contributed by atoms with Crippen molar-refractivity contribution in [3.63, 3.8) is 0 Å². The summed E-state index contributed by atoms with van der Waals surface area (Å²) < 4.78 is 0. The van der Waals surface area contributed by atoms with Crippen LogP contribution in [-0.2, 0) is 11.2 Å². The lowest BCUT2D eigenvalue weighted by atomic mass is 9.61. The molecule has 3 heterocycles. The van der Waals surface area contributed by atoms with Gasteiger partial charge < -0.3 is 26.6 Å². The van der Waals surface area contributed by atoms with E-state index in [-0.39, 0.29) is 23.5 Å². The normalized spacial score (nSPS) is 34.6. The molecule has 3 aliphatic heterocycles. The molecule has 1 amide bonds. The average Bonchev–Trinajstić information content (AvgIpc) is 3.48. The van der Waals surface area contributed by atoms with Crippen molar-refractivity contribution in [1.29, 1.82) is 0 Å². The minimum atomic E-state index is -0.160. The molecule has 198 valence electrons. The van der Waals surface area contributed by atoms with Gasteiger partial charge in [-0.05, 0) is 67.9 Å². The molecule has 2 saturated carbocycles. The molecule has 5 atom stereocenters. The van der Waals surface area contributed by atoms with Crippen molar-refractivity contribution in [1.82, 2.24) is 21.3 Å². The van der Waals surface area contributed by atoms with Crippen molar-refractivity contribution in [2.24, 2.45) is 23.7 Å². The van der Waals surface area contributed by atoms with Crippen LogP contribution < -0.4 is 26.6 Å². The van der Waals surface area contributed by atoms with Gasteiger partial charge in [0.05, 0.1) is 12.2 Å². The third kappa shape index (κ3) is 4.58. The van der Waals surface area contributed by atoms with Crippen LogP contribution in [-0.4, -0.2) is 49.3 Å². The highest BCUT2D eigenvalue weighted by atomic mass is 16.2. The molecule has 5 aliphatic rings. The van der Waals surface area contributed by atoms with E-state index in [1.165, 1.54) is 74.6 Å². The van der Waals surface area contributed by atoms with Crippen LogP contribution in [0.25, 0.3) is 0 Å². The number of hydrogen-bond acceptors (Lipinski definition) is 5. The van der Waals surface area contributed by atoms with E-state index in [2.05, 4.69) is 58.6 Å². The zero-order valence-electron chi connectivity index (χ0n) is 22.4. The molecule has 4 fully saturated rings. The Labute approximate surface area is 217 Å². The minimum absolute atomic E-state index is 0.00234. The van der Waals surface area contributed by atoms with E-state index in [4.69, 9.17) is 0 Å². The van der Waals surface area contributed by atoms with Crippen LogP contribution >= 0.6 is 0 Å². The molecule has 2 aliphatic carbocycles. The van der Waals surface area contributed by atoms with Gasteiger partial charge in [-0.15, -0.1) is 0 Å². The third-order valence-corrected chi connectivity index (χ3v) is 10.3. The number of fused-ring (bicyclic) bond motifs is 1. The Morgan fingerprint density at radius 1 is 1.06 bits per heavy atom. The molecule has 0 aromatic heterocycles. The number of rotatable bonds is 6. The van der Waals surface area contributed by atoms with Crippen molar-refractivity contribution in [2.75, 3.05) is 25.0 Å². The smallest absolute Gasteiger partial charge is 0.243 e. The van der Waals surface area contributed by atoms with E-state index in [1.807, 2.05) is 0 Å². The van der Waals surface area contributed by atoms with Gasteiger partial charge in [-0.25, -0.2) is 0 Å². The van der Waals surface area contributed by atoms with Crippen LogP contribution in [0.15, 0.2) is 18.2 Å². The predicted molar refractivity (Wildman–Crippen MR) is 146 cm³/mol. The second-order valence-electron chi connectivity index (χ2n) is 12.6. The van der Waals surface area contributed by atoms with Gasteiger partial charge >= 0.3 is 0 Å². The minimum Gasteiger partial charge on any atom is -0.373 e. The number of carbonyl (C=O) groups excluding carboxylic acids is 1. The Bertz CT molecular complexity index is 933. The van der Waals surface area contributed by atoms with E-state index >= 15 is 0 Å². The van der Waals surface area contributed by atoms with Crippen LogP contribution in [0.4, 0.5) is 5.69 Å². The van der Waals surface area contributed by atoms with Crippen molar-refractivity contribution in [3.8, 4) is 0 Å². The molecule has 5 unspecified atom stereocenters. The van der Waals surface area contributed by atoms with Crippen molar-refractivity contribution < 1.29 is 4.79 Å². The van der Waals surface area contributed by atoms with Gasteiger partial charge in [-0.3, -0.25) is 4.79 Å². The monoisotopic (exact) mass is 493 g/mol.